The van der Waals surface area contributed by atoms with E-state index in [1.54, 1.807) is 18.2 Å². The van der Waals surface area contributed by atoms with Crippen molar-refractivity contribution in [3.8, 4) is 28.0 Å². The molecule has 36 heavy (non-hydrogen) atoms. The molecule has 3 aromatic heterocycles. The molecule has 1 aromatic carbocycles. The van der Waals surface area contributed by atoms with Gasteiger partial charge in [-0.15, -0.1) is 21.5 Å². The largest absolute Gasteiger partial charge is 0.494 e. The van der Waals surface area contributed by atoms with Crippen molar-refractivity contribution in [3.05, 3.63) is 53.3 Å². The summed E-state index contributed by atoms with van der Waals surface area (Å²) in [5.41, 5.74) is 1.27. The predicted molar refractivity (Wildman–Crippen MR) is 133 cm³/mol. The summed E-state index contributed by atoms with van der Waals surface area (Å²) in [7, 11) is -1.01. The van der Waals surface area contributed by atoms with Crippen molar-refractivity contribution < 1.29 is 22.3 Å². The van der Waals surface area contributed by atoms with Crippen molar-refractivity contribution in [1.29, 1.82) is 0 Å². The second-order valence-corrected chi connectivity index (χ2v) is 10.6. The number of halogens is 1. The van der Waals surface area contributed by atoms with Crippen molar-refractivity contribution in [2.45, 2.75) is 31.9 Å². The first-order chi connectivity index (χ1) is 17.3. The Bertz CT molecular complexity index is 1430. The van der Waals surface area contributed by atoms with E-state index >= 15 is 0 Å². The lowest BCUT2D eigenvalue weighted by Crippen LogP contribution is -2.29. The predicted octanol–water partition coefficient (Wildman–Crippen LogP) is 3.27. The molecule has 0 saturated heterocycles. The Morgan fingerprint density at radius 2 is 1.81 bits per heavy atom. The second kappa shape index (κ2) is 10.5. The van der Waals surface area contributed by atoms with Crippen molar-refractivity contribution in [2.24, 2.45) is 0 Å². The Balaban J connectivity index is 1.79. The van der Waals surface area contributed by atoms with Crippen molar-refractivity contribution in [2.75, 3.05) is 18.9 Å². The molecule has 0 bridgehead atoms. The molecule has 0 aliphatic heterocycles. The Morgan fingerprint density at radius 3 is 2.39 bits per heavy atom. The van der Waals surface area contributed by atoms with E-state index in [4.69, 9.17) is 9.47 Å². The highest BCUT2D eigenvalue weighted by molar-refractivity contribution is 7.93. The monoisotopic (exact) mass is 533 g/mol. The lowest BCUT2D eigenvalue weighted by Gasteiger charge is -2.18. The molecule has 1 N–H and O–H groups in total. The van der Waals surface area contributed by atoms with Crippen LogP contribution in [0.25, 0.3) is 16.5 Å². The van der Waals surface area contributed by atoms with Crippen LogP contribution in [0, 0.1) is 5.82 Å². The topological polar surface area (TPSA) is 134 Å². The summed E-state index contributed by atoms with van der Waals surface area (Å²) in [5, 5.41) is 9.88. The van der Waals surface area contributed by atoms with Crippen LogP contribution < -0.4 is 14.2 Å². The summed E-state index contributed by atoms with van der Waals surface area (Å²) in [5.74, 6) is 0.652. The Kier molecular flexibility index (Phi) is 7.45. The first kappa shape index (κ1) is 25.4. The molecule has 1 unspecified atom stereocenters. The third-order valence-corrected chi connectivity index (χ3v) is 7.88. The fourth-order valence-corrected chi connectivity index (χ4v) is 5.19. The zero-order chi connectivity index (χ0) is 25.9. The number of sulfonamides is 1. The molecule has 0 aliphatic carbocycles. The van der Waals surface area contributed by atoms with Crippen LogP contribution in [0.15, 0.2) is 36.0 Å². The quantitative estimate of drug-likeness (QED) is 0.326. The molecule has 0 radical (unpaired) electrons. The van der Waals surface area contributed by atoms with E-state index in [-0.39, 0.29) is 18.2 Å². The van der Waals surface area contributed by atoms with Crippen LogP contribution in [0.1, 0.15) is 25.4 Å². The van der Waals surface area contributed by atoms with Gasteiger partial charge in [0.05, 0.1) is 37.6 Å². The van der Waals surface area contributed by atoms with Crippen molar-refractivity contribution >= 4 is 27.3 Å². The van der Waals surface area contributed by atoms with E-state index in [1.807, 2.05) is 12.3 Å². The van der Waals surface area contributed by atoms with Gasteiger partial charge in [0.25, 0.3) is 0 Å². The zero-order valence-electron chi connectivity index (χ0n) is 20.0. The van der Waals surface area contributed by atoms with E-state index in [0.717, 1.165) is 24.5 Å². The molecule has 14 heteroatoms. The third-order valence-electron chi connectivity index (χ3n) is 5.30. The SMILES string of the molecule is CCc1csc(-c2nnc(NS(=O)(=O)C(C)Cc3ncc(F)cn3)n2-c2c(OC)cccc2OC)n1. The molecule has 0 spiro atoms. The molecule has 1 atom stereocenters. The number of nitrogens with zero attached hydrogens (tertiary/aromatic N) is 6. The van der Waals surface area contributed by atoms with Crippen LogP contribution in [0.2, 0.25) is 0 Å². The minimum absolute atomic E-state index is 0.0407. The summed E-state index contributed by atoms with van der Waals surface area (Å²) >= 11 is 1.36. The van der Waals surface area contributed by atoms with Crippen LogP contribution >= 0.6 is 11.3 Å². The van der Waals surface area contributed by atoms with Gasteiger partial charge < -0.3 is 9.47 Å². The number of ether oxygens (including phenoxy) is 2. The van der Waals surface area contributed by atoms with Gasteiger partial charge in [0.15, 0.2) is 16.6 Å². The molecule has 4 rings (SSSR count). The molecule has 0 aliphatic rings. The van der Waals surface area contributed by atoms with E-state index in [2.05, 4.69) is 29.9 Å². The summed E-state index contributed by atoms with van der Waals surface area (Å²) in [4.78, 5) is 12.3. The van der Waals surface area contributed by atoms with Crippen LogP contribution in [0.5, 0.6) is 11.5 Å². The maximum absolute atomic E-state index is 13.3. The summed E-state index contributed by atoms with van der Waals surface area (Å²) in [6.45, 7) is 3.48. The van der Waals surface area contributed by atoms with E-state index < -0.39 is 21.1 Å². The van der Waals surface area contributed by atoms with Crippen molar-refractivity contribution in [3.63, 3.8) is 0 Å². The molecule has 11 nitrogen and oxygen atoms in total. The number of nitrogens with one attached hydrogen (secondary N) is 1. The highest BCUT2D eigenvalue weighted by Gasteiger charge is 2.29. The maximum Gasteiger partial charge on any atom is 0.243 e. The minimum atomic E-state index is -4.01. The molecule has 4 aromatic rings. The van der Waals surface area contributed by atoms with Crippen molar-refractivity contribution in [1.82, 2.24) is 29.7 Å². The minimum Gasteiger partial charge on any atom is -0.494 e. The number of methoxy groups -OCH3 is 2. The van der Waals surface area contributed by atoms with Crippen LogP contribution in [-0.4, -0.2) is 57.6 Å². The van der Waals surface area contributed by atoms with Gasteiger partial charge in [0, 0.05) is 11.8 Å². The maximum atomic E-state index is 13.3. The number of hydrogen-bond acceptors (Lipinski definition) is 10. The van der Waals surface area contributed by atoms with E-state index in [0.29, 0.717) is 28.0 Å². The fourth-order valence-electron chi connectivity index (χ4n) is 3.36. The number of aromatic nitrogens is 6. The van der Waals surface area contributed by atoms with E-state index in [9.17, 15) is 12.8 Å². The Hall–Kier alpha value is -3.65. The number of rotatable bonds is 10. The number of para-hydroxylation sites is 1. The number of aryl methyl sites for hydroxylation is 1. The number of anilines is 1. The molecule has 0 amide bonds. The van der Waals surface area contributed by atoms with Gasteiger partial charge in [0.1, 0.15) is 23.0 Å². The molecular weight excluding hydrogens is 509 g/mol. The molecule has 0 fully saturated rings. The first-order valence-electron chi connectivity index (χ1n) is 10.9. The first-order valence-corrected chi connectivity index (χ1v) is 13.3. The number of benzene rings is 1. The van der Waals surface area contributed by atoms with Crippen LogP contribution in [0.3, 0.4) is 0 Å². The van der Waals surface area contributed by atoms with Gasteiger partial charge in [-0.25, -0.2) is 27.8 Å². The lowest BCUT2D eigenvalue weighted by molar-refractivity contribution is 0.391. The Morgan fingerprint density at radius 1 is 1.14 bits per heavy atom. The average Bonchev–Trinajstić information content (AvgIpc) is 3.51. The van der Waals surface area contributed by atoms with E-state index in [1.165, 1.54) is 37.0 Å². The smallest absolute Gasteiger partial charge is 0.243 e. The normalized spacial score (nSPS) is 12.4. The summed E-state index contributed by atoms with van der Waals surface area (Å²) < 4.78 is 54.8. The zero-order valence-corrected chi connectivity index (χ0v) is 21.6. The summed E-state index contributed by atoms with van der Waals surface area (Å²) in [6.07, 6.45) is 2.67. The van der Waals surface area contributed by atoms with Gasteiger partial charge in [-0.2, -0.15) is 0 Å². The fraction of sp³-hybridized carbons (Fsp3) is 0.318. The molecule has 0 saturated carbocycles. The van der Waals surface area contributed by atoms with Gasteiger partial charge in [-0.05, 0) is 25.5 Å². The van der Waals surface area contributed by atoms with Gasteiger partial charge >= 0.3 is 0 Å². The van der Waals surface area contributed by atoms with Crippen LogP contribution in [-0.2, 0) is 22.9 Å². The molecule has 190 valence electrons. The highest BCUT2D eigenvalue weighted by atomic mass is 32.2. The standard InChI is InChI=1S/C22H24FN7O4S2/c1-5-15-12-35-21(26-15)20-27-28-22(30(20)19-16(33-3)7-6-8-17(19)34-4)29-36(31,32)13(2)9-18-24-10-14(23)11-25-18/h6-8,10-13H,5,9H2,1-4H3,(H,28,29). The van der Waals surface area contributed by atoms with Gasteiger partial charge in [-0.3, -0.25) is 9.29 Å². The van der Waals surface area contributed by atoms with Gasteiger partial charge in [0.2, 0.25) is 16.0 Å². The molecule has 3 heterocycles. The summed E-state index contributed by atoms with van der Waals surface area (Å²) in [6, 6.07) is 5.18. The van der Waals surface area contributed by atoms with Gasteiger partial charge in [-0.1, -0.05) is 13.0 Å². The average molecular weight is 534 g/mol. The number of hydrogen-bond donors (Lipinski definition) is 1. The Labute approximate surface area is 211 Å². The van der Waals surface area contributed by atoms with Crippen LogP contribution in [0.4, 0.5) is 10.3 Å². The number of thiazole rings is 1. The third kappa shape index (κ3) is 5.14. The second-order valence-electron chi connectivity index (χ2n) is 7.67. The highest BCUT2D eigenvalue weighted by Crippen LogP contribution is 2.38. The molecular formula is C22H24FN7O4S2. The lowest BCUT2D eigenvalue weighted by atomic mass is 10.2.